The minimum absolute atomic E-state index is 0.0873. The number of hydrogen-bond acceptors (Lipinski definition) is 6. The van der Waals surface area contributed by atoms with Crippen LogP contribution in [0.4, 0.5) is 0 Å². The second-order valence-corrected chi connectivity index (χ2v) is 23.1. The van der Waals surface area contributed by atoms with Crippen molar-refractivity contribution in [2.75, 3.05) is 13.2 Å². The Hall–Kier alpha value is -4.19. The highest BCUT2D eigenvalue weighted by molar-refractivity contribution is 5.71. The molecule has 0 radical (unpaired) electrons. The third kappa shape index (κ3) is 68.5. The van der Waals surface area contributed by atoms with E-state index in [1.165, 1.54) is 141 Å². The lowest BCUT2D eigenvalue weighted by Gasteiger charge is -2.18. The molecule has 0 bridgehead atoms. The van der Waals surface area contributed by atoms with Gasteiger partial charge in [-0.1, -0.05) is 296 Å². The zero-order valence-corrected chi connectivity index (χ0v) is 54.4. The second-order valence-electron chi connectivity index (χ2n) is 23.1. The summed E-state index contributed by atoms with van der Waals surface area (Å²) in [4.78, 5) is 38.4. The van der Waals surface area contributed by atoms with Gasteiger partial charge in [-0.15, -0.1) is 0 Å². The minimum Gasteiger partial charge on any atom is -0.462 e. The molecule has 0 saturated heterocycles. The fourth-order valence-corrected chi connectivity index (χ4v) is 9.68. The van der Waals surface area contributed by atoms with Gasteiger partial charge >= 0.3 is 17.9 Å². The molecule has 0 aromatic heterocycles. The number of carbonyl (C=O) groups is 3. The summed E-state index contributed by atoms with van der Waals surface area (Å²) in [5.74, 6) is -0.905. The normalized spacial score (nSPS) is 12.9. The van der Waals surface area contributed by atoms with Gasteiger partial charge in [0.25, 0.3) is 0 Å². The highest BCUT2D eigenvalue weighted by Crippen LogP contribution is 2.17. The van der Waals surface area contributed by atoms with E-state index in [0.29, 0.717) is 19.3 Å². The third-order valence-corrected chi connectivity index (χ3v) is 14.9. The molecule has 1 unspecified atom stereocenters. The summed E-state index contributed by atoms with van der Waals surface area (Å²) in [7, 11) is 0. The fraction of sp³-hybridized carbons (Fsp3) is 0.701. The Kier molecular flexibility index (Phi) is 66.7. The van der Waals surface area contributed by atoms with Crippen LogP contribution in [-0.2, 0) is 28.6 Å². The van der Waals surface area contributed by atoms with E-state index in [1.54, 1.807) is 0 Å². The molecule has 0 aliphatic carbocycles. The zero-order valence-electron chi connectivity index (χ0n) is 54.4. The SMILES string of the molecule is CC/C=C\C/C=C\C/C=C\C/C=C\C/C=C\C/C=C\CCCCCCCCCCCCCCCCCCC(=O)OCC(COC(=O)CCCCCCC/C=C\C/C=C\CCCCC)OC(=O)CCCCCCC/C=C\C/C=C\CCCCC. The maximum absolute atomic E-state index is 12.9. The maximum Gasteiger partial charge on any atom is 0.306 e. The highest BCUT2D eigenvalue weighted by Gasteiger charge is 2.19. The van der Waals surface area contributed by atoms with Crippen molar-refractivity contribution in [3.8, 4) is 0 Å². The number of allylic oxidation sites excluding steroid dienone is 20. The predicted octanol–water partition coefficient (Wildman–Crippen LogP) is 24.3. The largest absolute Gasteiger partial charge is 0.462 e. The van der Waals surface area contributed by atoms with Crippen molar-refractivity contribution in [3.63, 3.8) is 0 Å². The Morgan fingerprint density at radius 3 is 0.735 bits per heavy atom. The number of hydrogen-bond donors (Lipinski definition) is 0. The Morgan fingerprint density at radius 2 is 0.470 bits per heavy atom. The molecule has 0 fully saturated rings. The average molecular weight is 1150 g/mol. The van der Waals surface area contributed by atoms with E-state index in [4.69, 9.17) is 14.2 Å². The third-order valence-electron chi connectivity index (χ3n) is 14.9. The molecule has 0 aromatic carbocycles. The first kappa shape index (κ1) is 78.8. The van der Waals surface area contributed by atoms with Crippen LogP contribution < -0.4 is 0 Å². The second kappa shape index (κ2) is 70.3. The summed E-state index contributed by atoms with van der Waals surface area (Å²) >= 11 is 0. The van der Waals surface area contributed by atoms with Crippen LogP contribution in [0.5, 0.6) is 0 Å². The zero-order chi connectivity index (χ0) is 59.9. The van der Waals surface area contributed by atoms with Gasteiger partial charge in [-0.2, -0.15) is 0 Å². The summed E-state index contributed by atoms with van der Waals surface area (Å²) < 4.78 is 16.9. The smallest absolute Gasteiger partial charge is 0.306 e. The van der Waals surface area contributed by atoms with Crippen LogP contribution in [0.2, 0.25) is 0 Å². The minimum atomic E-state index is -0.793. The molecule has 0 saturated carbocycles. The van der Waals surface area contributed by atoms with Crippen molar-refractivity contribution in [2.24, 2.45) is 0 Å². The average Bonchev–Trinajstić information content (AvgIpc) is 3.49. The van der Waals surface area contributed by atoms with Gasteiger partial charge in [0.1, 0.15) is 13.2 Å². The van der Waals surface area contributed by atoms with Gasteiger partial charge in [0, 0.05) is 19.3 Å². The molecule has 6 nitrogen and oxygen atoms in total. The summed E-state index contributed by atoms with van der Waals surface area (Å²) in [6.45, 7) is 6.47. The molecule has 6 heteroatoms. The monoisotopic (exact) mass is 1150 g/mol. The molecule has 0 N–H and O–H groups in total. The van der Waals surface area contributed by atoms with Gasteiger partial charge in [0.05, 0.1) is 0 Å². The lowest BCUT2D eigenvalue weighted by Crippen LogP contribution is -2.30. The van der Waals surface area contributed by atoms with Crippen LogP contribution in [-0.4, -0.2) is 37.2 Å². The molecule has 0 rings (SSSR count). The van der Waals surface area contributed by atoms with Gasteiger partial charge in [-0.05, 0) is 135 Å². The van der Waals surface area contributed by atoms with Gasteiger partial charge in [0.2, 0.25) is 0 Å². The van der Waals surface area contributed by atoms with Crippen LogP contribution in [0.15, 0.2) is 122 Å². The summed E-state index contributed by atoms with van der Waals surface area (Å²) in [6, 6.07) is 0. The molecule has 0 heterocycles. The van der Waals surface area contributed by atoms with Crippen LogP contribution in [0.1, 0.15) is 329 Å². The summed E-state index contributed by atoms with van der Waals surface area (Å²) in [5.41, 5.74) is 0. The first-order valence-corrected chi connectivity index (χ1v) is 35.0. The van der Waals surface area contributed by atoms with Crippen LogP contribution in [0.25, 0.3) is 0 Å². The number of rotatable bonds is 63. The maximum atomic E-state index is 12.9. The van der Waals surface area contributed by atoms with Crippen molar-refractivity contribution in [1.29, 1.82) is 0 Å². The molecule has 0 aliphatic rings. The topological polar surface area (TPSA) is 78.9 Å². The van der Waals surface area contributed by atoms with E-state index in [1.807, 2.05) is 0 Å². The van der Waals surface area contributed by atoms with E-state index >= 15 is 0 Å². The molecular formula is C77H130O6. The summed E-state index contributed by atoms with van der Waals surface area (Å²) in [5, 5.41) is 0. The first-order chi connectivity index (χ1) is 41.0. The van der Waals surface area contributed by atoms with E-state index in [9.17, 15) is 14.4 Å². The Morgan fingerprint density at radius 1 is 0.253 bits per heavy atom. The van der Waals surface area contributed by atoms with Crippen molar-refractivity contribution < 1.29 is 28.6 Å². The molecule has 0 amide bonds. The van der Waals surface area contributed by atoms with Crippen molar-refractivity contribution in [2.45, 2.75) is 335 Å². The molecule has 83 heavy (non-hydrogen) atoms. The van der Waals surface area contributed by atoms with Gasteiger partial charge in [-0.3, -0.25) is 14.4 Å². The highest BCUT2D eigenvalue weighted by atomic mass is 16.6. The van der Waals surface area contributed by atoms with Crippen LogP contribution in [0, 0.1) is 0 Å². The molecule has 0 spiro atoms. The number of unbranched alkanes of at least 4 members (excludes halogenated alkanes) is 32. The Labute approximate surface area is 513 Å². The predicted molar refractivity (Wildman–Crippen MR) is 362 cm³/mol. The van der Waals surface area contributed by atoms with Crippen molar-refractivity contribution in [1.82, 2.24) is 0 Å². The quantitative estimate of drug-likeness (QED) is 0.0261. The number of esters is 3. The first-order valence-electron chi connectivity index (χ1n) is 35.0. The number of carbonyl (C=O) groups excluding carboxylic acids is 3. The van der Waals surface area contributed by atoms with Gasteiger partial charge < -0.3 is 14.2 Å². The van der Waals surface area contributed by atoms with E-state index in [2.05, 4.69) is 142 Å². The van der Waals surface area contributed by atoms with E-state index < -0.39 is 6.10 Å². The van der Waals surface area contributed by atoms with E-state index in [-0.39, 0.29) is 31.1 Å². The Balaban J connectivity index is 4.19. The fourth-order valence-electron chi connectivity index (χ4n) is 9.68. The Bertz CT molecular complexity index is 1700. The lowest BCUT2D eigenvalue weighted by atomic mass is 10.0. The lowest BCUT2D eigenvalue weighted by molar-refractivity contribution is -0.167. The standard InChI is InChI=1S/C77H130O6/c1-4-7-10-13-16-19-22-25-28-29-30-31-32-33-34-35-36-37-38-39-40-41-42-43-44-45-46-47-50-52-55-58-61-64-67-70-76(79)82-73-74(83-77(80)71-68-65-62-59-56-53-49-27-24-21-18-15-12-9-6-3)72-81-75(78)69-66-63-60-57-54-51-48-26-23-20-17-14-11-8-5-2/h7,10,16-21,25-28,30-31,33-34,36-37,48-49,74H,4-6,8-9,11-15,22-24,29,32,35,38-47,50-73H2,1-3H3/b10-7-,19-16-,20-17-,21-18-,28-25-,31-30-,34-33-,37-36-,48-26-,49-27-. The molecule has 474 valence electrons. The molecule has 0 aromatic rings. The molecule has 1 atom stereocenters. The van der Waals surface area contributed by atoms with Crippen LogP contribution >= 0.6 is 0 Å². The van der Waals surface area contributed by atoms with Crippen molar-refractivity contribution in [3.05, 3.63) is 122 Å². The van der Waals surface area contributed by atoms with Crippen LogP contribution in [0.3, 0.4) is 0 Å². The van der Waals surface area contributed by atoms with E-state index in [0.717, 1.165) is 148 Å². The number of ether oxygens (including phenoxy) is 3. The van der Waals surface area contributed by atoms with Crippen molar-refractivity contribution >= 4 is 17.9 Å². The molecule has 0 aliphatic heterocycles. The van der Waals surface area contributed by atoms with Gasteiger partial charge in [-0.25, -0.2) is 0 Å². The summed E-state index contributed by atoms with van der Waals surface area (Å²) in [6.07, 6.45) is 98.0. The van der Waals surface area contributed by atoms with Gasteiger partial charge in [0.15, 0.2) is 6.10 Å². The molecular weight excluding hydrogens is 1020 g/mol.